The molecule has 2 aromatic heterocycles. The quantitative estimate of drug-likeness (QED) is 0.772. The molecular formula is C14H15N5S. The molecule has 6 heteroatoms. The Labute approximate surface area is 121 Å². The van der Waals surface area contributed by atoms with Crippen molar-refractivity contribution in [2.75, 3.05) is 5.32 Å². The number of rotatable bonds is 4. The third-order valence-corrected chi connectivity index (χ3v) is 3.83. The van der Waals surface area contributed by atoms with E-state index in [0.29, 0.717) is 12.4 Å². The number of hydrogen-bond acceptors (Lipinski definition) is 5. The van der Waals surface area contributed by atoms with E-state index < -0.39 is 0 Å². The van der Waals surface area contributed by atoms with E-state index in [1.807, 2.05) is 38.1 Å². The van der Waals surface area contributed by atoms with Crippen molar-refractivity contribution in [1.29, 1.82) is 0 Å². The lowest BCUT2D eigenvalue weighted by Crippen LogP contribution is -2.01. The molecular weight excluding hydrogens is 270 g/mol. The van der Waals surface area contributed by atoms with Gasteiger partial charge in [0.25, 0.3) is 0 Å². The van der Waals surface area contributed by atoms with Crippen molar-refractivity contribution in [2.24, 2.45) is 0 Å². The summed E-state index contributed by atoms with van der Waals surface area (Å²) in [4.78, 5) is 8.83. The molecule has 0 spiro atoms. The summed E-state index contributed by atoms with van der Waals surface area (Å²) in [6, 6.07) is 8.03. The lowest BCUT2D eigenvalue weighted by Gasteiger charge is -2.08. The number of hydrogen-bond donors (Lipinski definition) is 2. The molecule has 5 nitrogen and oxygen atoms in total. The van der Waals surface area contributed by atoms with Crippen LogP contribution < -0.4 is 5.32 Å². The maximum Gasteiger partial charge on any atom is 0.183 e. The average molecular weight is 285 g/mol. The molecule has 1 aromatic carbocycles. The minimum Gasteiger partial charge on any atom is -0.378 e. The van der Waals surface area contributed by atoms with E-state index in [1.165, 1.54) is 0 Å². The average Bonchev–Trinajstić information content (AvgIpc) is 3.06. The molecule has 3 aromatic rings. The summed E-state index contributed by atoms with van der Waals surface area (Å²) in [6.07, 6.45) is 0. The number of aromatic amines is 1. The second-order valence-electron chi connectivity index (χ2n) is 4.53. The largest absolute Gasteiger partial charge is 0.378 e. The van der Waals surface area contributed by atoms with Gasteiger partial charge in [0.05, 0.1) is 6.54 Å². The molecule has 102 valence electrons. The van der Waals surface area contributed by atoms with Gasteiger partial charge in [0.2, 0.25) is 0 Å². The lowest BCUT2D eigenvalue weighted by atomic mass is 10.1. The van der Waals surface area contributed by atoms with E-state index in [-0.39, 0.29) is 0 Å². The fourth-order valence-electron chi connectivity index (χ4n) is 1.95. The van der Waals surface area contributed by atoms with Gasteiger partial charge in [-0.15, -0.1) is 11.3 Å². The topological polar surface area (TPSA) is 66.5 Å². The first-order chi connectivity index (χ1) is 9.72. The molecule has 0 amide bonds. The van der Waals surface area contributed by atoms with Gasteiger partial charge in [0.15, 0.2) is 5.82 Å². The first kappa shape index (κ1) is 12.8. The molecule has 20 heavy (non-hydrogen) atoms. The molecule has 0 radical (unpaired) electrons. The van der Waals surface area contributed by atoms with Crippen LogP contribution >= 0.6 is 11.3 Å². The van der Waals surface area contributed by atoms with Crippen LogP contribution in [-0.4, -0.2) is 20.2 Å². The van der Waals surface area contributed by atoms with Crippen LogP contribution in [0.4, 0.5) is 5.69 Å². The summed E-state index contributed by atoms with van der Waals surface area (Å²) in [6.45, 7) is 4.61. The molecule has 2 heterocycles. The molecule has 3 rings (SSSR count). The van der Waals surface area contributed by atoms with Crippen LogP contribution in [-0.2, 0) is 6.54 Å². The Morgan fingerprint density at radius 1 is 1.20 bits per heavy atom. The van der Waals surface area contributed by atoms with Crippen molar-refractivity contribution in [3.05, 3.63) is 46.2 Å². The summed E-state index contributed by atoms with van der Waals surface area (Å²) in [5, 5.41) is 13.6. The number of benzene rings is 1. The van der Waals surface area contributed by atoms with Gasteiger partial charge in [-0.05, 0) is 26.0 Å². The minimum atomic E-state index is 0.707. The van der Waals surface area contributed by atoms with Crippen molar-refractivity contribution < 1.29 is 0 Å². The van der Waals surface area contributed by atoms with Crippen molar-refractivity contribution in [2.45, 2.75) is 20.4 Å². The zero-order valence-electron chi connectivity index (χ0n) is 11.3. The van der Waals surface area contributed by atoms with Gasteiger partial charge in [-0.2, -0.15) is 5.10 Å². The Kier molecular flexibility index (Phi) is 3.47. The summed E-state index contributed by atoms with van der Waals surface area (Å²) < 4.78 is 0. The number of para-hydroxylation sites is 1. The standard InChI is InChI=1S/C14H15N5S/c1-9-8-20-13(16-9)7-15-12-6-4-3-5-11(12)14-17-10(2)18-19-14/h3-6,8,15H,7H2,1-2H3,(H,17,18,19). The number of thiazole rings is 1. The summed E-state index contributed by atoms with van der Waals surface area (Å²) in [5.74, 6) is 1.52. The van der Waals surface area contributed by atoms with Crippen LogP contribution in [0.25, 0.3) is 11.4 Å². The lowest BCUT2D eigenvalue weighted by molar-refractivity contribution is 1.04. The van der Waals surface area contributed by atoms with Crippen LogP contribution in [0.5, 0.6) is 0 Å². The SMILES string of the molecule is Cc1csc(CNc2ccccc2-c2n[nH]c(C)n2)n1. The van der Waals surface area contributed by atoms with Gasteiger partial charge in [-0.3, -0.25) is 5.10 Å². The number of aromatic nitrogens is 4. The molecule has 0 aliphatic rings. The predicted molar refractivity (Wildman–Crippen MR) is 80.7 cm³/mol. The Hall–Kier alpha value is -2.21. The Bertz CT molecular complexity index is 716. The Morgan fingerprint density at radius 3 is 2.75 bits per heavy atom. The number of anilines is 1. The molecule has 0 bridgehead atoms. The van der Waals surface area contributed by atoms with Crippen molar-refractivity contribution in [1.82, 2.24) is 20.2 Å². The minimum absolute atomic E-state index is 0.707. The van der Waals surface area contributed by atoms with Crippen LogP contribution in [0, 0.1) is 13.8 Å². The highest BCUT2D eigenvalue weighted by Crippen LogP contribution is 2.25. The molecule has 0 aliphatic carbocycles. The zero-order valence-corrected chi connectivity index (χ0v) is 12.2. The number of H-pyrrole nitrogens is 1. The molecule has 0 saturated heterocycles. The fraction of sp³-hybridized carbons (Fsp3) is 0.214. The van der Waals surface area contributed by atoms with Gasteiger partial charge in [0, 0.05) is 22.3 Å². The third-order valence-electron chi connectivity index (χ3n) is 2.86. The maximum atomic E-state index is 4.45. The highest BCUT2D eigenvalue weighted by Gasteiger charge is 2.09. The van der Waals surface area contributed by atoms with Gasteiger partial charge < -0.3 is 5.32 Å². The highest BCUT2D eigenvalue weighted by atomic mass is 32.1. The normalized spacial score (nSPS) is 10.7. The molecule has 2 N–H and O–H groups in total. The van der Waals surface area contributed by atoms with Gasteiger partial charge in [-0.25, -0.2) is 9.97 Å². The molecule has 0 saturated carbocycles. The van der Waals surface area contributed by atoms with Crippen molar-refractivity contribution in [3.8, 4) is 11.4 Å². The van der Waals surface area contributed by atoms with Gasteiger partial charge in [0.1, 0.15) is 10.8 Å². The van der Waals surface area contributed by atoms with Crippen molar-refractivity contribution in [3.63, 3.8) is 0 Å². The number of nitrogens with zero attached hydrogens (tertiary/aromatic N) is 3. The van der Waals surface area contributed by atoms with E-state index >= 15 is 0 Å². The summed E-state index contributed by atoms with van der Waals surface area (Å²) in [7, 11) is 0. The van der Waals surface area contributed by atoms with E-state index in [1.54, 1.807) is 11.3 Å². The number of nitrogens with one attached hydrogen (secondary N) is 2. The van der Waals surface area contributed by atoms with E-state index in [0.717, 1.165) is 27.8 Å². The zero-order chi connectivity index (χ0) is 13.9. The van der Waals surface area contributed by atoms with Crippen LogP contribution in [0.2, 0.25) is 0 Å². The van der Waals surface area contributed by atoms with Crippen LogP contribution in [0.15, 0.2) is 29.6 Å². The maximum absolute atomic E-state index is 4.45. The van der Waals surface area contributed by atoms with Gasteiger partial charge in [-0.1, -0.05) is 12.1 Å². The molecule has 0 unspecified atom stereocenters. The van der Waals surface area contributed by atoms with Crippen LogP contribution in [0.1, 0.15) is 16.5 Å². The molecule has 0 atom stereocenters. The van der Waals surface area contributed by atoms with E-state index in [9.17, 15) is 0 Å². The molecule has 0 aliphatic heterocycles. The summed E-state index contributed by atoms with van der Waals surface area (Å²) >= 11 is 1.66. The first-order valence-electron chi connectivity index (χ1n) is 6.35. The van der Waals surface area contributed by atoms with E-state index in [2.05, 4.69) is 30.9 Å². The number of aryl methyl sites for hydroxylation is 2. The summed E-state index contributed by atoms with van der Waals surface area (Å²) in [5.41, 5.74) is 3.06. The fourth-order valence-corrected chi connectivity index (χ4v) is 2.66. The van der Waals surface area contributed by atoms with Crippen molar-refractivity contribution >= 4 is 17.0 Å². The van der Waals surface area contributed by atoms with Crippen LogP contribution in [0.3, 0.4) is 0 Å². The van der Waals surface area contributed by atoms with E-state index in [4.69, 9.17) is 0 Å². The third kappa shape index (κ3) is 2.70. The second-order valence-corrected chi connectivity index (χ2v) is 5.47. The highest BCUT2D eigenvalue weighted by molar-refractivity contribution is 7.09. The molecule has 0 fully saturated rings. The smallest absolute Gasteiger partial charge is 0.183 e. The first-order valence-corrected chi connectivity index (χ1v) is 7.23. The monoisotopic (exact) mass is 285 g/mol. The second kappa shape index (κ2) is 5.42. The Morgan fingerprint density at radius 2 is 2.05 bits per heavy atom. The predicted octanol–water partition coefficient (Wildman–Crippen LogP) is 3.16. The van der Waals surface area contributed by atoms with Gasteiger partial charge >= 0.3 is 0 Å². The Balaban J connectivity index is 1.83.